The molecule has 110 valence electrons. The maximum Gasteiger partial charge on any atom is 0.131 e. The van der Waals surface area contributed by atoms with Crippen LogP contribution in [0.2, 0.25) is 0 Å². The molecule has 0 bridgehead atoms. The zero-order chi connectivity index (χ0) is 14.7. The van der Waals surface area contributed by atoms with Crippen LogP contribution in [0.25, 0.3) is 0 Å². The van der Waals surface area contributed by atoms with E-state index >= 15 is 0 Å². The minimum absolute atomic E-state index is 0.206. The molecule has 1 unspecified atom stereocenters. The van der Waals surface area contributed by atoms with Gasteiger partial charge in [-0.15, -0.1) is 0 Å². The Bertz CT molecular complexity index is 632. The van der Waals surface area contributed by atoms with Gasteiger partial charge in [-0.05, 0) is 43.3 Å². The van der Waals surface area contributed by atoms with Crippen molar-refractivity contribution in [2.75, 3.05) is 19.3 Å². The first-order chi connectivity index (χ1) is 10.3. The zero-order valence-electron chi connectivity index (χ0n) is 11.9. The van der Waals surface area contributed by atoms with Gasteiger partial charge in [-0.3, -0.25) is 0 Å². The number of halogens is 1. The molecule has 0 saturated carbocycles. The molecule has 0 fully saturated rings. The first-order valence-corrected chi connectivity index (χ1v) is 8.14. The van der Waals surface area contributed by atoms with Gasteiger partial charge in [0.2, 0.25) is 0 Å². The van der Waals surface area contributed by atoms with Gasteiger partial charge in [0.25, 0.3) is 0 Å². The molecule has 0 aliphatic carbocycles. The first kappa shape index (κ1) is 14.4. The van der Waals surface area contributed by atoms with E-state index in [4.69, 9.17) is 4.74 Å². The summed E-state index contributed by atoms with van der Waals surface area (Å²) >= 11 is 1.84. The predicted molar refractivity (Wildman–Crippen MR) is 85.7 cm³/mol. The molecular weight excluding hydrogens is 285 g/mol. The Labute approximate surface area is 128 Å². The summed E-state index contributed by atoms with van der Waals surface area (Å²) < 4.78 is 19.6. The maximum absolute atomic E-state index is 13.6. The van der Waals surface area contributed by atoms with Gasteiger partial charge < -0.3 is 10.1 Å². The molecule has 0 amide bonds. The molecule has 2 aromatic carbocycles. The molecule has 0 spiro atoms. The summed E-state index contributed by atoms with van der Waals surface area (Å²) in [6.45, 7) is 0.939. The molecule has 1 N–H and O–H groups in total. The van der Waals surface area contributed by atoms with Crippen LogP contribution in [0.1, 0.15) is 16.4 Å². The summed E-state index contributed by atoms with van der Waals surface area (Å²) in [4.78, 5) is 0. The second kappa shape index (κ2) is 6.50. The lowest BCUT2D eigenvalue weighted by molar-refractivity contribution is 0.477. The van der Waals surface area contributed by atoms with Crippen molar-refractivity contribution in [2.45, 2.75) is 11.7 Å². The fourth-order valence-corrected chi connectivity index (χ4v) is 3.78. The van der Waals surface area contributed by atoms with Crippen molar-refractivity contribution < 1.29 is 9.13 Å². The molecule has 21 heavy (non-hydrogen) atoms. The Morgan fingerprint density at radius 3 is 2.95 bits per heavy atom. The highest BCUT2D eigenvalue weighted by molar-refractivity contribution is 7.99. The Balaban J connectivity index is 1.96. The third-order valence-electron chi connectivity index (χ3n) is 3.59. The van der Waals surface area contributed by atoms with E-state index < -0.39 is 0 Å². The lowest BCUT2D eigenvalue weighted by atomic mass is 10.0. The maximum atomic E-state index is 13.6. The summed E-state index contributed by atoms with van der Waals surface area (Å²) in [5.41, 5.74) is 2.13. The Morgan fingerprint density at radius 2 is 2.10 bits per heavy atom. The van der Waals surface area contributed by atoms with Crippen LogP contribution < -0.4 is 10.1 Å². The molecule has 1 aliphatic rings. The second-order valence-corrected chi connectivity index (χ2v) is 6.37. The third-order valence-corrected chi connectivity index (χ3v) is 4.85. The standard InChI is InChI=1S/C17H18FNOS/c1-19-8-9-21-17-10-12-4-2-3-5-15(12)20-16-7-6-13(18)11-14(16)17/h2-7,11,17,19H,8-10H2,1H3. The summed E-state index contributed by atoms with van der Waals surface area (Å²) in [6, 6.07) is 12.9. The number of nitrogens with one attached hydrogen (secondary N) is 1. The Kier molecular flexibility index (Phi) is 4.46. The van der Waals surface area contributed by atoms with Crippen LogP contribution in [0.5, 0.6) is 11.5 Å². The monoisotopic (exact) mass is 303 g/mol. The number of fused-ring (bicyclic) bond motifs is 2. The van der Waals surface area contributed by atoms with Crippen LogP contribution in [0, 0.1) is 5.82 Å². The SMILES string of the molecule is CNCCSC1Cc2ccccc2Oc2ccc(F)cc21. The number of thioether (sulfide) groups is 1. The average molecular weight is 303 g/mol. The largest absolute Gasteiger partial charge is 0.457 e. The van der Waals surface area contributed by atoms with Crippen LogP contribution in [0.15, 0.2) is 42.5 Å². The van der Waals surface area contributed by atoms with Crippen molar-refractivity contribution in [1.29, 1.82) is 0 Å². The fraction of sp³-hybridized carbons (Fsp3) is 0.294. The van der Waals surface area contributed by atoms with Crippen LogP contribution in [0.3, 0.4) is 0 Å². The highest BCUT2D eigenvalue weighted by atomic mass is 32.2. The minimum atomic E-state index is -0.206. The molecule has 2 nitrogen and oxygen atoms in total. The van der Waals surface area contributed by atoms with E-state index in [1.807, 2.05) is 37.0 Å². The molecule has 0 saturated heterocycles. The van der Waals surface area contributed by atoms with Crippen LogP contribution in [-0.4, -0.2) is 19.3 Å². The van der Waals surface area contributed by atoms with Gasteiger partial charge in [-0.25, -0.2) is 4.39 Å². The van der Waals surface area contributed by atoms with Gasteiger partial charge in [0, 0.05) is 23.1 Å². The summed E-state index contributed by atoms with van der Waals surface area (Å²) in [5, 5.41) is 3.37. The second-order valence-electron chi connectivity index (χ2n) is 5.06. The molecule has 3 rings (SSSR count). The van der Waals surface area contributed by atoms with E-state index in [0.29, 0.717) is 0 Å². The molecule has 2 aromatic rings. The van der Waals surface area contributed by atoms with Gasteiger partial charge in [-0.1, -0.05) is 18.2 Å². The first-order valence-electron chi connectivity index (χ1n) is 7.09. The van der Waals surface area contributed by atoms with E-state index in [1.165, 1.54) is 11.6 Å². The molecule has 4 heteroatoms. The Morgan fingerprint density at radius 1 is 1.24 bits per heavy atom. The van der Waals surface area contributed by atoms with E-state index in [1.54, 1.807) is 12.1 Å². The van der Waals surface area contributed by atoms with Gasteiger partial charge >= 0.3 is 0 Å². The van der Waals surface area contributed by atoms with E-state index in [-0.39, 0.29) is 11.1 Å². The normalized spacial score (nSPS) is 16.6. The summed E-state index contributed by atoms with van der Waals surface area (Å²) in [7, 11) is 1.94. The minimum Gasteiger partial charge on any atom is -0.457 e. The van der Waals surface area contributed by atoms with Crippen molar-refractivity contribution in [3.05, 3.63) is 59.4 Å². The zero-order valence-corrected chi connectivity index (χ0v) is 12.8. The third kappa shape index (κ3) is 3.22. The highest BCUT2D eigenvalue weighted by Gasteiger charge is 2.24. The Hall–Kier alpha value is -1.52. The van der Waals surface area contributed by atoms with Gasteiger partial charge in [0.05, 0.1) is 0 Å². The molecule has 1 aliphatic heterocycles. The van der Waals surface area contributed by atoms with Gasteiger partial charge in [0.15, 0.2) is 0 Å². The molecule has 1 atom stereocenters. The quantitative estimate of drug-likeness (QED) is 0.857. The van der Waals surface area contributed by atoms with Crippen molar-refractivity contribution in [3.8, 4) is 11.5 Å². The van der Waals surface area contributed by atoms with Gasteiger partial charge in [0.1, 0.15) is 17.3 Å². The smallest absolute Gasteiger partial charge is 0.131 e. The average Bonchev–Trinajstić information content (AvgIpc) is 2.64. The number of hydrogen-bond donors (Lipinski definition) is 1. The predicted octanol–water partition coefficient (Wildman–Crippen LogP) is 4.17. The summed E-state index contributed by atoms with van der Waals surface area (Å²) in [5.74, 6) is 2.42. The highest BCUT2D eigenvalue weighted by Crippen LogP contribution is 2.44. The fourth-order valence-electron chi connectivity index (χ4n) is 2.52. The number of hydrogen-bond acceptors (Lipinski definition) is 3. The van der Waals surface area contributed by atoms with Crippen LogP contribution >= 0.6 is 11.8 Å². The van der Waals surface area contributed by atoms with Crippen LogP contribution in [-0.2, 0) is 6.42 Å². The molecule has 1 heterocycles. The van der Waals surface area contributed by atoms with Gasteiger partial charge in [-0.2, -0.15) is 11.8 Å². The lowest BCUT2D eigenvalue weighted by Gasteiger charge is -2.16. The van der Waals surface area contributed by atoms with Crippen molar-refractivity contribution in [1.82, 2.24) is 5.32 Å². The number of rotatable bonds is 4. The van der Waals surface area contributed by atoms with Crippen molar-refractivity contribution in [3.63, 3.8) is 0 Å². The van der Waals surface area contributed by atoms with Crippen molar-refractivity contribution in [2.24, 2.45) is 0 Å². The lowest BCUT2D eigenvalue weighted by Crippen LogP contribution is -2.11. The number of para-hydroxylation sites is 1. The number of ether oxygens (including phenoxy) is 1. The van der Waals surface area contributed by atoms with E-state index in [2.05, 4.69) is 11.4 Å². The molecule has 0 aromatic heterocycles. The summed E-state index contributed by atoms with van der Waals surface area (Å²) in [6.07, 6.45) is 0.862. The number of benzene rings is 2. The van der Waals surface area contributed by atoms with Crippen LogP contribution in [0.4, 0.5) is 4.39 Å². The van der Waals surface area contributed by atoms with E-state index in [9.17, 15) is 4.39 Å². The van der Waals surface area contributed by atoms with E-state index in [0.717, 1.165) is 35.8 Å². The van der Waals surface area contributed by atoms with Crippen molar-refractivity contribution >= 4 is 11.8 Å². The topological polar surface area (TPSA) is 21.3 Å². The molecular formula is C17H18FNOS. The molecule has 0 radical (unpaired) electrons.